The van der Waals surface area contributed by atoms with Crippen molar-refractivity contribution in [3.63, 3.8) is 0 Å². The van der Waals surface area contributed by atoms with E-state index in [0.29, 0.717) is 12.4 Å². The van der Waals surface area contributed by atoms with E-state index in [-0.39, 0.29) is 17.2 Å². The molecule has 2 aromatic heterocycles. The van der Waals surface area contributed by atoms with Crippen LogP contribution in [-0.2, 0) is 17.4 Å². The Labute approximate surface area is 160 Å². The molecule has 2 heterocycles. The summed E-state index contributed by atoms with van der Waals surface area (Å²) in [4.78, 5) is 30.2. The number of halogens is 5. The number of benzene rings is 1. The summed E-state index contributed by atoms with van der Waals surface area (Å²) in [5, 5.41) is 2.24. The number of aromatic nitrogens is 3. The maximum absolute atomic E-state index is 14.2. The van der Waals surface area contributed by atoms with Gasteiger partial charge in [0.05, 0.1) is 23.9 Å². The minimum Gasteiger partial charge on any atom is -0.324 e. The number of nitrogens with one attached hydrogen (secondary N) is 1. The van der Waals surface area contributed by atoms with Crippen molar-refractivity contribution in [1.82, 2.24) is 14.5 Å². The second kappa shape index (κ2) is 7.78. The summed E-state index contributed by atoms with van der Waals surface area (Å²) in [5.41, 5.74) is -1.96. The Morgan fingerprint density at radius 3 is 2.59 bits per heavy atom. The van der Waals surface area contributed by atoms with Crippen molar-refractivity contribution >= 4 is 17.9 Å². The zero-order valence-electron chi connectivity index (χ0n) is 14.4. The van der Waals surface area contributed by atoms with Crippen molar-refractivity contribution in [2.45, 2.75) is 12.6 Å². The SMILES string of the molecule is O=Cc1cn(-c2ncc(NC(=O)Cc3cccc(C(F)(F)F)c3F)cc2F)cn1. The molecule has 0 spiro atoms. The Hall–Kier alpha value is -3.63. The molecule has 0 fully saturated rings. The molecule has 6 nitrogen and oxygen atoms in total. The van der Waals surface area contributed by atoms with Crippen LogP contribution in [0.3, 0.4) is 0 Å². The fourth-order valence-electron chi connectivity index (χ4n) is 2.52. The molecule has 0 saturated carbocycles. The number of anilines is 1. The summed E-state index contributed by atoms with van der Waals surface area (Å²) in [6, 6.07) is 3.53. The average Bonchev–Trinajstić information content (AvgIpc) is 3.11. The van der Waals surface area contributed by atoms with Crippen molar-refractivity contribution < 1.29 is 31.5 Å². The molecule has 0 saturated heterocycles. The molecule has 150 valence electrons. The lowest BCUT2D eigenvalue weighted by molar-refractivity contribution is -0.140. The average molecular weight is 410 g/mol. The summed E-state index contributed by atoms with van der Waals surface area (Å²) in [6.07, 6.45) is -1.61. The third-order valence-electron chi connectivity index (χ3n) is 3.81. The second-order valence-corrected chi connectivity index (χ2v) is 5.85. The number of nitrogens with zero attached hydrogens (tertiary/aromatic N) is 3. The van der Waals surface area contributed by atoms with Crippen molar-refractivity contribution in [1.29, 1.82) is 0 Å². The molecule has 3 rings (SSSR count). The van der Waals surface area contributed by atoms with Gasteiger partial charge in [-0.25, -0.2) is 18.7 Å². The largest absolute Gasteiger partial charge is 0.419 e. The van der Waals surface area contributed by atoms with E-state index in [9.17, 15) is 31.5 Å². The van der Waals surface area contributed by atoms with Crippen LogP contribution < -0.4 is 5.32 Å². The smallest absolute Gasteiger partial charge is 0.324 e. The van der Waals surface area contributed by atoms with Gasteiger partial charge in [0.15, 0.2) is 17.9 Å². The van der Waals surface area contributed by atoms with Gasteiger partial charge in [-0.2, -0.15) is 13.2 Å². The van der Waals surface area contributed by atoms with Crippen molar-refractivity contribution in [2.75, 3.05) is 5.32 Å². The number of imidazole rings is 1. The lowest BCUT2D eigenvalue weighted by Gasteiger charge is -2.11. The lowest BCUT2D eigenvalue weighted by Crippen LogP contribution is -2.17. The summed E-state index contributed by atoms with van der Waals surface area (Å²) in [6.45, 7) is 0. The molecule has 0 unspecified atom stereocenters. The Morgan fingerprint density at radius 2 is 1.97 bits per heavy atom. The number of pyridine rings is 1. The van der Waals surface area contributed by atoms with Gasteiger partial charge in [-0.3, -0.25) is 14.2 Å². The first-order valence-electron chi connectivity index (χ1n) is 7.98. The van der Waals surface area contributed by atoms with Crippen LogP contribution in [0.2, 0.25) is 0 Å². The predicted octanol–water partition coefficient (Wildman–Crippen LogP) is 3.56. The van der Waals surface area contributed by atoms with Gasteiger partial charge in [0.2, 0.25) is 5.91 Å². The van der Waals surface area contributed by atoms with Crippen molar-refractivity contribution in [2.24, 2.45) is 0 Å². The molecule has 3 aromatic rings. The van der Waals surface area contributed by atoms with Crippen LogP contribution in [0.1, 0.15) is 21.6 Å². The van der Waals surface area contributed by atoms with E-state index in [0.717, 1.165) is 29.0 Å². The van der Waals surface area contributed by atoms with Crippen molar-refractivity contribution in [3.8, 4) is 5.82 Å². The predicted molar refractivity (Wildman–Crippen MR) is 90.4 cm³/mol. The van der Waals surface area contributed by atoms with E-state index in [1.165, 1.54) is 12.5 Å². The number of aldehydes is 1. The van der Waals surface area contributed by atoms with Gasteiger partial charge in [-0.15, -0.1) is 0 Å². The highest BCUT2D eigenvalue weighted by atomic mass is 19.4. The number of alkyl halides is 3. The van der Waals surface area contributed by atoms with E-state index >= 15 is 0 Å². The van der Waals surface area contributed by atoms with Crippen molar-refractivity contribution in [3.05, 3.63) is 71.4 Å². The van der Waals surface area contributed by atoms with Gasteiger partial charge >= 0.3 is 6.18 Å². The highest BCUT2D eigenvalue weighted by Gasteiger charge is 2.34. The van der Waals surface area contributed by atoms with Crippen LogP contribution >= 0.6 is 0 Å². The van der Waals surface area contributed by atoms with Crippen LogP contribution in [0.4, 0.5) is 27.6 Å². The van der Waals surface area contributed by atoms with Gasteiger partial charge in [-0.05, 0) is 11.6 Å². The fourth-order valence-corrected chi connectivity index (χ4v) is 2.52. The monoisotopic (exact) mass is 410 g/mol. The van der Waals surface area contributed by atoms with Gasteiger partial charge in [0, 0.05) is 12.3 Å². The minimum atomic E-state index is -4.89. The lowest BCUT2D eigenvalue weighted by atomic mass is 10.1. The third kappa shape index (κ3) is 4.45. The molecule has 0 radical (unpaired) electrons. The number of amides is 1. The molecule has 0 aliphatic rings. The summed E-state index contributed by atoms with van der Waals surface area (Å²) in [5.74, 6) is -3.45. The maximum Gasteiger partial charge on any atom is 0.419 e. The van der Waals surface area contributed by atoms with Crippen LogP contribution in [-0.4, -0.2) is 26.7 Å². The van der Waals surface area contributed by atoms with Gasteiger partial charge in [0.1, 0.15) is 17.8 Å². The number of carbonyl (C=O) groups is 2. The Kier molecular flexibility index (Phi) is 5.39. The van der Waals surface area contributed by atoms with Crippen LogP contribution in [0.25, 0.3) is 5.82 Å². The Morgan fingerprint density at radius 1 is 1.21 bits per heavy atom. The molecule has 29 heavy (non-hydrogen) atoms. The normalized spacial score (nSPS) is 11.3. The molecule has 1 aromatic carbocycles. The summed E-state index contributed by atoms with van der Waals surface area (Å²) >= 11 is 0. The van der Waals surface area contributed by atoms with E-state index in [2.05, 4.69) is 15.3 Å². The summed E-state index contributed by atoms with van der Waals surface area (Å²) in [7, 11) is 0. The number of rotatable bonds is 5. The van der Waals surface area contributed by atoms with Crippen LogP contribution in [0.5, 0.6) is 0 Å². The highest BCUT2D eigenvalue weighted by molar-refractivity contribution is 5.92. The van der Waals surface area contributed by atoms with E-state index < -0.39 is 41.3 Å². The van der Waals surface area contributed by atoms with Gasteiger partial charge in [-0.1, -0.05) is 12.1 Å². The molecule has 1 N–H and O–H groups in total. The Balaban J connectivity index is 1.75. The molecular formula is C18H11F5N4O2. The van der Waals surface area contributed by atoms with E-state index in [1.54, 1.807) is 0 Å². The second-order valence-electron chi connectivity index (χ2n) is 5.85. The standard InChI is InChI=1S/C18H11F5N4O2/c19-14-5-11(6-24-17(14)27-7-12(8-28)25-9-27)26-15(29)4-10-2-1-3-13(16(10)20)18(21,22)23/h1-3,5-9H,4H2,(H,26,29). The first-order chi connectivity index (χ1) is 13.7. The number of carbonyl (C=O) groups excluding carboxylic acids is 2. The van der Waals surface area contributed by atoms with Crippen LogP contribution in [0.15, 0.2) is 43.0 Å². The number of hydrogen-bond donors (Lipinski definition) is 1. The maximum atomic E-state index is 14.2. The molecule has 0 aliphatic carbocycles. The molecular weight excluding hydrogens is 399 g/mol. The molecule has 0 bridgehead atoms. The highest BCUT2D eigenvalue weighted by Crippen LogP contribution is 2.32. The van der Waals surface area contributed by atoms with Gasteiger partial charge < -0.3 is 5.32 Å². The topological polar surface area (TPSA) is 76.9 Å². The number of hydrogen-bond acceptors (Lipinski definition) is 4. The quantitative estimate of drug-likeness (QED) is 0.516. The first kappa shape index (κ1) is 20.1. The molecule has 1 amide bonds. The molecule has 0 atom stereocenters. The van der Waals surface area contributed by atoms with Gasteiger partial charge in [0.25, 0.3) is 0 Å². The molecule has 0 aliphatic heterocycles. The molecule has 11 heteroatoms. The van der Waals surface area contributed by atoms with E-state index in [1.807, 2.05) is 0 Å². The fraction of sp³-hybridized carbons (Fsp3) is 0.111. The minimum absolute atomic E-state index is 0.0618. The van der Waals surface area contributed by atoms with Crippen LogP contribution in [0, 0.1) is 11.6 Å². The van der Waals surface area contributed by atoms with E-state index in [4.69, 9.17) is 0 Å². The first-order valence-corrected chi connectivity index (χ1v) is 7.98. The summed E-state index contributed by atoms with van der Waals surface area (Å²) < 4.78 is 67.6. The zero-order chi connectivity index (χ0) is 21.2. The Bertz CT molecular complexity index is 1080. The zero-order valence-corrected chi connectivity index (χ0v) is 14.4. The third-order valence-corrected chi connectivity index (χ3v) is 3.81.